The lowest BCUT2D eigenvalue weighted by Gasteiger charge is -2.14. The Morgan fingerprint density at radius 3 is 2.87 bits per heavy atom. The number of methoxy groups -OCH3 is 2. The summed E-state index contributed by atoms with van der Waals surface area (Å²) in [4.78, 5) is 15.5. The Morgan fingerprint density at radius 1 is 1.60 bits per heavy atom. The van der Waals surface area contributed by atoms with E-state index in [0.29, 0.717) is 11.4 Å². The second kappa shape index (κ2) is 5.31. The molecule has 0 saturated heterocycles. The number of ether oxygens (including phenoxy) is 2. The molecule has 1 unspecified atom stereocenters. The van der Waals surface area contributed by atoms with Crippen LogP contribution in [0.15, 0.2) is 18.3 Å². The second-order valence-electron chi connectivity index (χ2n) is 2.90. The maximum absolute atomic E-state index is 11.4. The van der Waals surface area contributed by atoms with E-state index in [9.17, 15) is 4.79 Å². The summed E-state index contributed by atoms with van der Waals surface area (Å²) in [5.41, 5.74) is 6.02. The van der Waals surface area contributed by atoms with Gasteiger partial charge in [0.15, 0.2) is 0 Å². The Hall–Kier alpha value is -1.62. The minimum Gasteiger partial charge on any atom is -0.495 e. The average Bonchev–Trinajstić information content (AvgIpc) is 2.30. The maximum atomic E-state index is 11.4. The molecule has 1 heterocycles. The van der Waals surface area contributed by atoms with Crippen molar-refractivity contribution in [1.29, 1.82) is 0 Å². The van der Waals surface area contributed by atoms with E-state index >= 15 is 0 Å². The lowest BCUT2D eigenvalue weighted by Crippen LogP contribution is -2.24. The van der Waals surface area contributed by atoms with Crippen molar-refractivity contribution in [3.63, 3.8) is 0 Å². The van der Waals surface area contributed by atoms with Gasteiger partial charge in [0.05, 0.1) is 19.9 Å². The first-order valence-corrected chi connectivity index (χ1v) is 4.51. The Bertz CT molecular complexity index is 341. The number of hydrogen-bond acceptors (Lipinski definition) is 5. The Kier molecular flexibility index (Phi) is 4.05. The highest BCUT2D eigenvalue weighted by Gasteiger charge is 2.24. The molecule has 0 bridgehead atoms. The number of rotatable bonds is 4. The summed E-state index contributed by atoms with van der Waals surface area (Å²) in [6.45, 7) is 0.139. The number of pyridine rings is 1. The predicted molar refractivity (Wildman–Crippen MR) is 54.6 cm³/mol. The second-order valence-corrected chi connectivity index (χ2v) is 2.90. The first-order chi connectivity index (χ1) is 7.24. The molecule has 0 radical (unpaired) electrons. The van der Waals surface area contributed by atoms with Gasteiger partial charge in [-0.25, -0.2) is 0 Å². The van der Waals surface area contributed by atoms with Crippen LogP contribution in [0, 0.1) is 0 Å². The third-order valence-corrected chi connectivity index (χ3v) is 2.07. The van der Waals surface area contributed by atoms with Crippen molar-refractivity contribution >= 4 is 5.97 Å². The molecule has 15 heavy (non-hydrogen) atoms. The fourth-order valence-electron chi connectivity index (χ4n) is 1.30. The zero-order valence-corrected chi connectivity index (χ0v) is 8.77. The summed E-state index contributed by atoms with van der Waals surface area (Å²) in [5, 5.41) is 0. The molecule has 1 aromatic heterocycles. The molecule has 1 aromatic rings. The van der Waals surface area contributed by atoms with Crippen LogP contribution in [0.3, 0.4) is 0 Å². The summed E-state index contributed by atoms with van der Waals surface area (Å²) in [6, 6.07) is 3.46. The maximum Gasteiger partial charge on any atom is 0.316 e. The number of aromatic nitrogens is 1. The third kappa shape index (κ3) is 2.44. The standard InChI is InChI=1S/C10H14N2O3/c1-14-8-4-3-5-12-9(8)7(6-11)10(13)15-2/h3-5,7H,6,11H2,1-2H3. The van der Waals surface area contributed by atoms with Gasteiger partial charge in [-0.1, -0.05) is 0 Å². The molecule has 1 atom stereocenters. The van der Waals surface area contributed by atoms with E-state index < -0.39 is 11.9 Å². The van der Waals surface area contributed by atoms with Gasteiger partial charge in [-0.2, -0.15) is 0 Å². The number of nitrogens with two attached hydrogens (primary N) is 1. The molecular formula is C10H14N2O3. The lowest BCUT2D eigenvalue weighted by molar-refractivity contribution is -0.142. The van der Waals surface area contributed by atoms with Gasteiger partial charge in [0.2, 0.25) is 0 Å². The molecule has 5 heteroatoms. The van der Waals surface area contributed by atoms with E-state index in [4.69, 9.17) is 10.5 Å². The van der Waals surface area contributed by atoms with Gasteiger partial charge in [0.1, 0.15) is 11.7 Å². The molecule has 82 valence electrons. The van der Waals surface area contributed by atoms with Crippen molar-refractivity contribution < 1.29 is 14.3 Å². The normalized spacial score (nSPS) is 11.9. The smallest absolute Gasteiger partial charge is 0.316 e. The van der Waals surface area contributed by atoms with E-state index in [2.05, 4.69) is 9.72 Å². The fourth-order valence-corrected chi connectivity index (χ4v) is 1.30. The van der Waals surface area contributed by atoms with E-state index in [1.54, 1.807) is 18.3 Å². The molecule has 0 amide bonds. The van der Waals surface area contributed by atoms with Crippen LogP contribution in [0.1, 0.15) is 11.6 Å². The van der Waals surface area contributed by atoms with Gasteiger partial charge in [0, 0.05) is 12.7 Å². The van der Waals surface area contributed by atoms with Gasteiger partial charge in [-0.15, -0.1) is 0 Å². The van der Waals surface area contributed by atoms with Crippen LogP contribution >= 0.6 is 0 Å². The van der Waals surface area contributed by atoms with Crippen molar-refractivity contribution in [2.24, 2.45) is 5.73 Å². The minimum absolute atomic E-state index is 0.139. The fraction of sp³-hybridized carbons (Fsp3) is 0.400. The molecule has 0 aliphatic heterocycles. The lowest BCUT2D eigenvalue weighted by atomic mass is 10.0. The van der Waals surface area contributed by atoms with Crippen molar-refractivity contribution in [3.8, 4) is 5.75 Å². The molecule has 0 spiro atoms. The Balaban J connectivity index is 3.05. The summed E-state index contributed by atoms with van der Waals surface area (Å²) in [6.07, 6.45) is 1.59. The zero-order chi connectivity index (χ0) is 11.3. The molecule has 0 fully saturated rings. The minimum atomic E-state index is -0.578. The summed E-state index contributed by atoms with van der Waals surface area (Å²) in [5.74, 6) is -0.445. The predicted octanol–water partition coefficient (Wildman–Crippen LogP) is 0.305. The first-order valence-electron chi connectivity index (χ1n) is 4.51. The van der Waals surface area contributed by atoms with E-state index in [-0.39, 0.29) is 6.54 Å². The molecule has 0 aliphatic carbocycles. The number of esters is 1. The topological polar surface area (TPSA) is 74.4 Å². The molecule has 5 nitrogen and oxygen atoms in total. The average molecular weight is 210 g/mol. The van der Waals surface area contributed by atoms with Crippen molar-refractivity contribution in [2.75, 3.05) is 20.8 Å². The zero-order valence-electron chi connectivity index (χ0n) is 8.77. The van der Waals surface area contributed by atoms with Crippen LogP contribution in [-0.2, 0) is 9.53 Å². The summed E-state index contributed by atoms with van der Waals surface area (Å²) >= 11 is 0. The number of hydrogen-bond donors (Lipinski definition) is 1. The highest BCUT2D eigenvalue weighted by atomic mass is 16.5. The summed E-state index contributed by atoms with van der Waals surface area (Å²) < 4.78 is 9.74. The molecule has 0 aliphatic rings. The van der Waals surface area contributed by atoms with Crippen molar-refractivity contribution in [2.45, 2.75) is 5.92 Å². The van der Waals surface area contributed by atoms with E-state index in [1.165, 1.54) is 14.2 Å². The van der Waals surface area contributed by atoms with Crippen LogP contribution in [0.25, 0.3) is 0 Å². The molecule has 2 N–H and O–H groups in total. The van der Waals surface area contributed by atoms with Gasteiger partial charge >= 0.3 is 5.97 Å². The Labute approximate surface area is 88.2 Å². The Morgan fingerprint density at radius 2 is 2.33 bits per heavy atom. The quantitative estimate of drug-likeness (QED) is 0.724. The number of nitrogens with zero attached hydrogens (tertiary/aromatic N) is 1. The van der Waals surface area contributed by atoms with Gasteiger partial charge in [-0.05, 0) is 12.1 Å². The van der Waals surface area contributed by atoms with Crippen LogP contribution in [0.5, 0.6) is 5.75 Å². The first kappa shape index (κ1) is 11.5. The van der Waals surface area contributed by atoms with Gasteiger partial charge in [-0.3, -0.25) is 9.78 Å². The van der Waals surface area contributed by atoms with Gasteiger partial charge in [0.25, 0.3) is 0 Å². The van der Waals surface area contributed by atoms with Crippen molar-refractivity contribution in [1.82, 2.24) is 4.98 Å². The SMILES string of the molecule is COC(=O)C(CN)c1ncccc1OC. The molecule has 0 saturated carbocycles. The highest BCUT2D eigenvalue weighted by molar-refractivity contribution is 5.78. The van der Waals surface area contributed by atoms with Crippen molar-refractivity contribution in [3.05, 3.63) is 24.0 Å². The highest BCUT2D eigenvalue weighted by Crippen LogP contribution is 2.23. The van der Waals surface area contributed by atoms with E-state index in [0.717, 1.165) is 0 Å². The molecule has 0 aromatic carbocycles. The molecular weight excluding hydrogens is 196 g/mol. The van der Waals surface area contributed by atoms with E-state index in [1.807, 2.05) is 0 Å². The largest absolute Gasteiger partial charge is 0.495 e. The molecule has 1 rings (SSSR count). The number of carbonyl (C=O) groups is 1. The van der Waals surface area contributed by atoms with Crippen LogP contribution in [0.2, 0.25) is 0 Å². The van der Waals surface area contributed by atoms with Crippen LogP contribution in [-0.4, -0.2) is 31.7 Å². The number of carbonyl (C=O) groups excluding carboxylic acids is 1. The summed E-state index contributed by atoms with van der Waals surface area (Å²) in [7, 11) is 2.84. The van der Waals surface area contributed by atoms with Crippen LogP contribution < -0.4 is 10.5 Å². The monoisotopic (exact) mass is 210 g/mol. The van der Waals surface area contributed by atoms with Gasteiger partial charge < -0.3 is 15.2 Å². The third-order valence-electron chi connectivity index (χ3n) is 2.07. The van der Waals surface area contributed by atoms with Crippen LogP contribution in [0.4, 0.5) is 0 Å².